The molecule has 5 amide bonds. The Hall–Kier alpha value is -5.51. The van der Waals surface area contributed by atoms with Crippen LogP contribution in [0.4, 0.5) is 8.78 Å². The lowest BCUT2D eigenvalue weighted by Crippen LogP contribution is -2.53. The molecule has 1 aliphatic heterocycles. The summed E-state index contributed by atoms with van der Waals surface area (Å²) in [4.78, 5) is 79.3. The molecule has 20 heteroatoms. The number of benzene rings is 2. The first kappa shape index (κ1) is 54.1. The summed E-state index contributed by atoms with van der Waals surface area (Å²) in [5, 5.41) is 12.7. The average molecular weight is 957 g/mol. The van der Waals surface area contributed by atoms with Gasteiger partial charge in [0.2, 0.25) is 17.7 Å². The zero-order valence-corrected chi connectivity index (χ0v) is 39.1. The molecule has 366 valence electrons. The number of amides is 5. The zero-order valence-electron chi connectivity index (χ0n) is 38.2. The Balaban J connectivity index is 1.31. The number of aromatic nitrogens is 1. The number of aliphatic carboxylic acids is 1. The molecular weight excluding hydrogens is 895 g/mol. The van der Waals surface area contributed by atoms with Crippen molar-refractivity contribution in [3.8, 4) is 11.1 Å². The van der Waals surface area contributed by atoms with Crippen molar-refractivity contribution in [3.63, 3.8) is 0 Å². The van der Waals surface area contributed by atoms with E-state index in [4.69, 9.17) is 24.7 Å². The van der Waals surface area contributed by atoms with E-state index in [1.165, 1.54) is 0 Å². The smallest absolute Gasteiger partial charge is 0.327 e. The Bertz CT molecular complexity index is 2130. The van der Waals surface area contributed by atoms with Gasteiger partial charge >= 0.3 is 5.97 Å². The molecule has 0 unspecified atom stereocenters. The van der Waals surface area contributed by atoms with Crippen LogP contribution in [0.25, 0.3) is 11.1 Å². The summed E-state index contributed by atoms with van der Waals surface area (Å²) in [5.41, 5.74) is 7.26. The van der Waals surface area contributed by atoms with Crippen LogP contribution in [0.2, 0.25) is 0 Å². The first-order chi connectivity index (χ1) is 32.0. The van der Waals surface area contributed by atoms with Crippen LogP contribution in [0.15, 0.2) is 72.9 Å². The Morgan fingerprint density at radius 3 is 2.03 bits per heavy atom. The second kappa shape index (κ2) is 27.3. The third-order valence-corrected chi connectivity index (χ3v) is 10.9. The van der Waals surface area contributed by atoms with Gasteiger partial charge in [0.25, 0.3) is 11.8 Å². The number of rotatable bonds is 30. The Labute approximate surface area is 394 Å². The molecule has 17 nitrogen and oxygen atoms in total. The molecule has 0 spiro atoms. The molecule has 1 aromatic heterocycles. The van der Waals surface area contributed by atoms with Crippen molar-refractivity contribution < 1.29 is 61.6 Å². The van der Waals surface area contributed by atoms with Gasteiger partial charge in [0.1, 0.15) is 30.8 Å². The lowest BCUT2D eigenvalue weighted by molar-refractivity contribution is -0.153. The minimum Gasteiger partial charge on any atom is -0.480 e. The second-order valence-corrected chi connectivity index (χ2v) is 17.0. The fraction of sp³-hybridized carbons (Fsp3) is 0.489. The highest BCUT2D eigenvalue weighted by atomic mass is 32.1. The molecule has 4 rings (SSSR count). The molecule has 2 atom stereocenters. The van der Waals surface area contributed by atoms with E-state index in [1.54, 1.807) is 17.2 Å². The number of nitrogens with two attached hydrogens (primary N) is 1. The van der Waals surface area contributed by atoms with Crippen molar-refractivity contribution in [2.45, 2.75) is 52.2 Å². The second-order valence-electron chi connectivity index (χ2n) is 16.6. The number of carbonyl (C=O) groups excluding carboxylic acids is 5. The third-order valence-electron chi connectivity index (χ3n) is 10.5. The topological polar surface area (TPSA) is 212 Å². The highest BCUT2D eigenvalue weighted by molar-refractivity contribution is 7.80. The highest BCUT2D eigenvalue weighted by Crippen LogP contribution is 2.41. The Morgan fingerprint density at radius 2 is 1.45 bits per heavy atom. The first-order valence-electron chi connectivity index (χ1n) is 22.0. The SMILES string of the molecule is CC(C)(C)[C@H](c1cc(-c2cc(F)ccc2F)cn1Cc1ccccc1)N(CCCN)C(=O)CN(C(=O)CCOCCOCCOCCOCCNC(=O)CN1C(=O)C=CC1=O)[C@@H](CS)C(=O)O. The van der Waals surface area contributed by atoms with Crippen molar-refractivity contribution in [1.82, 2.24) is 24.6 Å². The fourth-order valence-corrected chi connectivity index (χ4v) is 7.66. The minimum atomic E-state index is -1.44. The van der Waals surface area contributed by atoms with Gasteiger partial charge in [-0.3, -0.25) is 28.9 Å². The molecule has 67 heavy (non-hydrogen) atoms. The monoisotopic (exact) mass is 956 g/mol. The van der Waals surface area contributed by atoms with Gasteiger partial charge in [-0.25, -0.2) is 13.6 Å². The van der Waals surface area contributed by atoms with Gasteiger partial charge in [0, 0.05) is 60.6 Å². The summed E-state index contributed by atoms with van der Waals surface area (Å²) >= 11 is 4.23. The summed E-state index contributed by atoms with van der Waals surface area (Å²) in [7, 11) is 0. The van der Waals surface area contributed by atoms with Crippen LogP contribution in [0.3, 0.4) is 0 Å². The normalized spacial score (nSPS) is 13.5. The first-order valence-corrected chi connectivity index (χ1v) is 22.6. The highest BCUT2D eigenvalue weighted by Gasteiger charge is 2.39. The molecule has 4 N–H and O–H groups in total. The number of ether oxygens (including phenoxy) is 4. The van der Waals surface area contributed by atoms with E-state index >= 15 is 4.39 Å². The number of imide groups is 1. The van der Waals surface area contributed by atoms with Gasteiger partial charge in [-0.05, 0) is 48.2 Å². The van der Waals surface area contributed by atoms with Gasteiger partial charge in [-0.1, -0.05) is 51.1 Å². The average Bonchev–Trinajstić information content (AvgIpc) is 3.83. The van der Waals surface area contributed by atoms with Gasteiger partial charge in [0.15, 0.2) is 0 Å². The molecule has 0 bridgehead atoms. The maximum atomic E-state index is 15.2. The number of thiol groups is 1. The van der Waals surface area contributed by atoms with E-state index in [0.29, 0.717) is 24.2 Å². The number of hydrogen-bond donors (Lipinski definition) is 4. The summed E-state index contributed by atoms with van der Waals surface area (Å²) in [6.07, 6.45) is 4.08. The maximum Gasteiger partial charge on any atom is 0.327 e. The van der Waals surface area contributed by atoms with Crippen molar-refractivity contribution in [3.05, 3.63) is 95.8 Å². The van der Waals surface area contributed by atoms with Gasteiger partial charge in [-0.15, -0.1) is 0 Å². The van der Waals surface area contributed by atoms with Crippen molar-refractivity contribution in [2.75, 3.05) is 91.3 Å². The maximum absolute atomic E-state index is 15.2. The molecule has 1 aliphatic rings. The van der Waals surface area contributed by atoms with E-state index in [0.717, 1.165) is 45.7 Å². The summed E-state index contributed by atoms with van der Waals surface area (Å²) in [6.45, 7) is 7.20. The summed E-state index contributed by atoms with van der Waals surface area (Å²) in [6, 6.07) is 12.3. The number of carboxylic acids is 1. The van der Waals surface area contributed by atoms with Crippen molar-refractivity contribution in [1.29, 1.82) is 0 Å². The molecule has 0 fully saturated rings. The molecular formula is C47H62F2N6O11S. The lowest BCUT2D eigenvalue weighted by atomic mass is 9.82. The fourth-order valence-electron chi connectivity index (χ4n) is 7.30. The van der Waals surface area contributed by atoms with Gasteiger partial charge in [-0.2, -0.15) is 12.6 Å². The minimum absolute atomic E-state index is 0.0457. The van der Waals surface area contributed by atoms with Crippen LogP contribution >= 0.6 is 12.6 Å². The summed E-state index contributed by atoms with van der Waals surface area (Å²) in [5.74, 6) is -5.58. The van der Waals surface area contributed by atoms with E-state index < -0.39 is 71.2 Å². The lowest BCUT2D eigenvalue weighted by Gasteiger charge is -2.42. The zero-order chi connectivity index (χ0) is 48.9. The Kier molecular flexibility index (Phi) is 22.1. The third kappa shape index (κ3) is 17.0. The van der Waals surface area contributed by atoms with Crippen molar-refractivity contribution in [2.24, 2.45) is 11.1 Å². The number of halogens is 2. The molecule has 0 radical (unpaired) electrons. The molecule has 0 saturated carbocycles. The van der Waals surface area contributed by atoms with Gasteiger partial charge < -0.3 is 49.5 Å². The molecule has 2 aromatic carbocycles. The van der Waals surface area contributed by atoms with Crippen LogP contribution < -0.4 is 11.1 Å². The number of carbonyl (C=O) groups is 6. The van der Waals surface area contributed by atoms with Crippen LogP contribution in [-0.4, -0.2) is 157 Å². The predicted molar refractivity (Wildman–Crippen MR) is 247 cm³/mol. The van der Waals surface area contributed by atoms with E-state index in [9.17, 15) is 38.3 Å². The van der Waals surface area contributed by atoms with E-state index in [1.807, 2.05) is 55.7 Å². The quantitative estimate of drug-likeness (QED) is 0.0430. The number of nitrogens with zero attached hydrogens (tertiary/aromatic N) is 4. The molecule has 0 aliphatic carbocycles. The standard InChI is InChI=1S/C47H62F2N6O11S/c1-47(2,3)45(38-26-34(36-27-35(48)10-11-37(36)49)29-52(38)28-33-8-5-4-6-9-33)53(17-7-15-50)44(60)31-54(39(32-67)46(61)62)43(59)14-18-63-20-22-65-24-25-66-23-21-64-19-16-51-40(56)30-55-41(57)12-13-42(55)58/h4-6,8-13,26-27,29,39,45,67H,7,14-25,28,30-32,50H2,1-3H3,(H,51,56)(H,61,62)/t39-,45-/m0/s1. The summed E-state index contributed by atoms with van der Waals surface area (Å²) < 4.78 is 53.6. The number of carboxylic acid groups (broad SMARTS) is 1. The van der Waals surface area contributed by atoms with E-state index in [2.05, 4.69) is 17.9 Å². The molecule has 0 saturated heterocycles. The molecule has 2 heterocycles. The van der Waals surface area contributed by atoms with E-state index in [-0.39, 0.29) is 96.8 Å². The predicted octanol–water partition coefficient (Wildman–Crippen LogP) is 3.46. The largest absolute Gasteiger partial charge is 0.480 e. The Morgan fingerprint density at radius 1 is 0.836 bits per heavy atom. The van der Waals surface area contributed by atoms with Crippen molar-refractivity contribution >= 4 is 48.1 Å². The number of nitrogens with one attached hydrogen (secondary N) is 1. The number of hydrogen-bond acceptors (Lipinski definition) is 12. The van der Waals surface area contributed by atoms with Crippen LogP contribution in [0, 0.1) is 17.0 Å². The molecule has 3 aromatic rings. The van der Waals surface area contributed by atoms with Gasteiger partial charge in [0.05, 0.1) is 65.3 Å². The van der Waals surface area contributed by atoms with Crippen LogP contribution in [0.5, 0.6) is 0 Å². The van der Waals surface area contributed by atoms with Crippen LogP contribution in [-0.2, 0) is 54.3 Å². The van der Waals surface area contributed by atoms with Crippen LogP contribution in [0.1, 0.15) is 50.9 Å².